The third-order valence-electron chi connectivity index (χ3n) is 4.74. The summed E-state index contributed by atoms with van der Waals surface area (Å²) in [6.07, 6.45) is 2.08. The summed E-state index contributed by atoms with van der Waals surface area (Å²) in [5.41, 5.74) is 0.930. The maximum absolute atomic E-state index is 12.9. The van der Waals surface area contributed by atoms with Crippen LogP contribution >= 0.6 is 0 Å². The van der Waals surface area contributed by atoms with E-state index >= 15 is 0 Å². The van der Waals surface area contributed by atoms with E-state index < -0.39 is 11.6 Å². The number of carbonyl (C=O) groups is 3. The number of hydrogen-bond donors (Lipinski definition) is 2. The highest BCUT2D eigenvalue weighted by molar-refractivity contribution is 6.09. The van der Waals surface area contributed by atoms with E-state index in [1.165, 1.54) is 0 Å². The lowest BCUT2D eigenvalue weighted by Gasteiger charge is -2.22. The first-order chi connectivity index (χ1) is 11.0. The zero-order chi connectivity index (χ0) is 16.6. The summed E-state index contributed by atoms with van der Waals surface area (Å²) in [6, 6.07) is 7.17. The molecule has 2 atom stereocenters. The molecule has 6 nitrogen and oxygen atoms in total. The van der Waals surface area contributed by atoms with Gasteiger partial charge in [-0.05, 0) is 37.3 Å². The number of fused-ring (bicyclic) bond motifs is 2. The van der Waals surface area contributed by atoms with Crippen molar-refractivity contribution >= 4 is 17.8 Å². The number of nitrogens with one attached hydrogen (secondary N) is 2. The second kappa shape index (κ2) is 5.68. The minimum Gasteiger partial charge on any atom is -0.352 e. The maximum Gasteiger partial charge on any atom is 0.325 e. The number of rotatable bonds is 4. The van der Waals surface area contributed by atoms with E-state index in [-0.39, 0.29) is 24.4 Å². The van der Waals surface area contributed by atoms with Crippen molar-refractivity contribution in [2.24, 2.45) is 0 Å². The highest BCUT2D eigenvalue weighted by Crippen LogP contribution is 2.41. The molecule has 1 spiro atoms. The molecule has 2 N–H and O–H groups in total. The molecule has 0 bridgehead atoms. The minimum absolute atomic E-state index is 0.0180. The molecule has 4 amide bonds. The van der Waals surface area contributed by atoms with Gasteiger partial charge in [0.1, 0.15) is 12.1 Å². The van der Waals surface area contributed by atoms with Gasteiger partial charge >= 0.3 is 6.03 Å². The summed E-state index contributed by atoms with van der Waals surface area (Å²) in [7, 11) is 0. The molecule has 2 aliphatic rings. The van der Waals surface area contributed by atoms with Gasteiger partial charge in [-0.15, -0.1) is 0 Å². The highest BCUT2D eigenvalue weighted by atomic mass is 16.2. The summed E-state index contributed by atoms with van der Waals surface area (Å²) in [6.45, 7) is 3.61. The van der Waals surface area contributed by atoms with Crippen molar-refractivity contribution in [3.63, 3.8) is 0 Å². The lowest BCUT2D eigenvalue weighted by molar-refractivity contribution is -0.135. The Bertz CT molecular complexity index is 673. The molecule has 1 aromatic rings. The zero-order valence-corrected chi connectivity index (χ0v) is 13.4. The number of amides is 4. The van der Waals surface area contributed by atoms with Crippen molar-refractivity contribution < 1.29 is 14.4 Å². The van der Waals surface area contributed by atoms with Crippen LogP contribution in [0.3, 0.4) is 0 Å². The Balaban J connectivity index is 1.80. The molecule has 1 aliphatic carbocycles. The van der Waals surface area contributed by atoms with Crippen LogP contribution in [0.15, 0.2) is 24.3 Å². The Labute approximate surface area is 135 Å². The number of benzene rings is 1. The van der Waals surface area contributed by atoms with Crippen LogP contribution in [0.5, 0.6) is 0 Å². The largest absolute Gasteiger partial charge is 0.352 e. The molecule has 0 saturated carbocycles. The number of hydrogen-bond acceptors (Lipinski definition) is 3. The van der Waals surface area contributed by atoms with E-state index in [0.717, 1.165) is 28.9 Å². The normalized spacial score (nSPS) is 23.8. The molecule has 1 fully saturated rings. The van der Waals surface area contributed by atoms with Crippen molar-refractivity contribution in [3.8, 4) is 0 Å². The second-order valence-corrected chi connectivity index (χ2v) is 6.26. The lowest BCUT2D eigenvalue weighted by atomic mass is 9.92. The predicted molar refractivity (Wildman–Crippen MR) is 84.6 cm³/mol. The molecule has 1 heterocycles. The van der Waals surface area contributed by atoms with Gasteiger partial charge in [-0.3, -0.25) is 14.5 Å². The van der Waals surface area contributed by atoms with Crippen LogP contribution in [0.2, 0.25) is 0 Å². The molecule has 6 heteroatoms. The fraction of sp³-hybridized carbons (Fsp3) is 0.471. The van der Waals surface area contributed by atoms with Crippen LogP contribution in [0, 0.1) is 0 Å². The van der Waals surface area contributed by atoms with Crippen molar-refractivity contribution in [1.82, 2.24) is 15.5 Å². The van der Waals surface area contributed by atoms with E-state index in [2.05, 4.69) is 10.6 Å². The number of aryl methyl sites for hydroxylation is 1. The molecule has 1 aliphatic heterocycles. The molecule has 0 radical (unpaired) electrons. The Hall–Kier alpha value is -2.37. The maximum atomic E-state index is 12.9. The number of nitrogens with zero attached hydrogens (tertiary/aromatic N) is 1. The molecular formula is C17H21N3O3. The van der Waals surface area contributed by atoms with Crippen molar-refractivity contribution in [2.75, 3.05) is 6.54 Å². The SMILES string of the molecule is CC[C@@H](C)NC(=O)CN1C(=O)N[C@]2(CCc3ccccc32)C1=O. The molecular weight excluding hydrogens is 294 g/mol. The van der Waals surface area contributed by atoms with Crippen LogP contribution in [-0.4, -0.2) is 35.3 Å². The molecule has 23 heavy (non-hydrogen) atoms. The Morgan fingerprint density at radius 1 is 1.39 bits per heavy atom. The quantitative estimate of drug-likeness (QED) is 0.822. The van der Waals surface area contributed by atoms with Crippen LogP contribution in [-0.2, 0) is 21.5 Å². The first-order valence-electron chi connectivity index (χ1n) is 8.00. The number of urea groups is 1. The van der Waals surface area contributed by atoms with Gasteiger partial charge in [0.25, 0.3) is 5.91 Å². The summed E-state index contributed by atoms with van der Waals surface area (Å²) < 4.78 is 0. The van der Waals surface area contributed by atoms with Gasteiger partial charge in [-0.1, -0.05) is 31.2 Å². The van der Waals surface area contributed by atoms with E-state index in [1.807, 2.05) is 38.1 Å². The van der Waals surface area contributed by atoms with Gasteiger partial charge in [0, 0.05) is 6.04 Å². The number of carbonyl (C=O) groups excluding carboxylic acids is 3. The highest BCUT2D eigenvalue weighted by Gasteiger charge is 2.55. The van der Waals surface area contributed by atoms with E-state index in [9.17, 15) is 14.4 Å². The third kappa shape index (κ3) is 2.48. The average molecular weight is 315 g/mol. The van der Waals surface area contributed by atoms with Gasteiger partial charge in [0.05, 0.1) is 0 Å². The molecule has 1 aromatic carbocycles. The summed E-state index contributed by atoms with van der Waals surface area (Å²) in [4.78, 5) is 38.2. The predicted octanol–water partition coefficient (Wildman–Crippen LogP) is 1.29. The van der Waals surface area contributed by atoms with Crippen LogP contribution < -0.4 is 10.6 Å². The van der Waals surface area contributed by atoms with Crippen molar-refractivity contribution in [3.05, 3.63) is 35.4 Å². The minimum atomic E-state index is -0.996. The molecule has 0 unspecified atom stereocenters. The second-order valence-electron chi connectivity index (χ2n) is 6.26. The summed E-state index contributed by atoms with van der Waals surface area (Å²) in [5, 5.41) is 5.60. The first-order valence-corrected chi connectivity index (χ1v) is 8.00. The van der Waals surface area contributed by atoms with E-state index in [1.54, 1.807) is 0 Å². The van der Waals surface area contributed by atoms with E-state index in [0.29, 0.717) is 6.42 Å². The van der Waals surface area contributed by atoms with Gasteiger partial charge in [0.2, 0.25) is 5.91 Å². The number of imide groups is 1. The monoisotopic (exact) mass is 315 g/mol. The lowest BCUT2D eigenvalue weighted by Crippen LogP contribution is -2.45. The Morgan fingerprint density at radius 2 is 2.13 bits per heavy atom. The topological polar surface area (TPSA) is 78.5 Å². The average Bonchev–Trinajstić information content (AvgIpc) is 3.02. The van der Waals surface area contributed by atoms with Gasteiger partial charge in [-0.25, -0.2) is 4.79 Å². The Kier molecular flexibility index (Phi) is 3.83. The standard InChI is InChI=1S/C17H21N3O3/c1-3-11(2)18-14(21)10-20-15(22)17(19-16(20)23)9-8-12-6-4-5-7-13(12)17/h4-7,11H,3,8-10H2,1-2H3,(H,18,21)(H,19,23)/t11-,17+/m1/s1. The molecule has 1 saturated heterocycles. The fourth-order valence-corrected chi connectivity index (χ4v) is 3.30. The summed E-state index contributed by atoms with van der Waals surface area (Å²) in [5.74, 6) is -0.641. The van der Waals surface area contributed by atoms with Crippen molar-refractivity contribution in [1.29, 1.82) is 0 Å². The van der Waals surface area contributed by atoms with Gasteiger partial charge in [-0.2, -0.15) is 0 Å². The third-order valence-corrected chi connectivity index (χ3v) is 4.74. The Morgan fingerprint density at radius 3 is 2.87 bits per heavy atom. The first kappa shape index (κ1) is 15.5. The molecule has 122 valence electrons. The van der Waals surface area contributed by atoms with Gasteiger partial charge < -0.3 is 10.6 Å². The van der Waals surface area contributed by atoms with Crippen LogP contribution in [0.1, 0.15) is 37.8 Å². The van der Waals surface area contributed by atoms with Crippen LogP contribution in [0.25, 0.3) is 0 Å². The van der Waals surface area contributed by atoms with Crippen molar-refractivity contribution in [2.45, 2.75) is 44.7 Å². The smallest absolute Gasteiger partial charge is 0.325 e. The summed E-state index contributed by atoms with van der Waals surface area (Å²) >= 11 is 0. The van der Waals surface area contributed by atoms with Gasteiger partial charge in [0.15, 0.2) is 0 Å². The fourth-order valence-electron chi connectivity index (χ4n) is 3.30. The zero-order valence-electron chi connectivity index (χ0n) is 13.4. The molecule has 0 aromatic heterocycles. The van der Waals surface area contributed by atoms with E-state index in [4.69, 9.17) is 0 Å². The van der Waals surface area contributed by atoms with Crippen LogP contribution in [0.4, 0.5) is 4.79 Å². The molecule has 3 rings (SSSR count).